The topological polar surface area (TPSA) is 78.9 Å². The number of aliphatic hydroxyl groups is 1. The molecule has 1 unspecified atom stereocenters. The maximum Gasteiger partial charge on any atom is 0.324 e. The Labute approximate surface area is 209 Å². The van der Waals surface area contributed by atoms with E-state index in [0.29, 0.717) is 25.0 Å². The number of hydrogen-bond acceptors (Lipinski definition) is 4. The zero-order valence-corrected chi connectivity index (χ0v) is 22.9. The van der Waals surface area contributed by atoms with Gasteiger partial charge >= 0.3 is 6.03 Å². The first-order valence-corrected chi connectivity index (χ1v) is 14.2. The summed E-state index contributed by atoms with van der Waals surface area (Å²) in [6.45, 7) is 13.3. The molecule has 6 nitrogen and oxygen atoms in total. The summed E-state index contributed by atoms with van der Waals surface area (Å²) in [4.78, 5) is 26.3. The van der Waals surface area contributed by atoms with E-state index in [0.717, 1.165) is 64.6 Å². The lowest BCUT2D eigenvalue weighted by Crippen LogP contribution is -2.41. The van der Waals surface area contributed by atoms with E-state index in [1.165, 1.54) is 37.0 Å². The molecule has 6 heteroatoms. The lowest BCUT2D eigenvalue weighted by Gasteiger charge is -2.34. The van der Waals surface area contributed by atoms with E-state index in [1.54, 1.807) is 0 Å². The van der Waals surface area contributed by atoms with Crippen molar-refractivity contribution in [3.63, 3.8) is 0 Å². The highest BCUT2D eigenvalue weighted by Crippen LogP contribution is 2.38. The van der Waals surface area contributed by atoms with Crippen LogP contribution in [0, 0.1) is 10.8 Å². The highest BCUT2D eigenvalue weighted by Gasteiger charge is 2.41. The lowest BCUT2D eigenvalue weighted by atomic mass is 9.74. The minimum atomic E-state index is -0.354. The quantitative estimate of drug-likeness (QED) is 0.146. The van der Waals surface area contributed by atoms with Gasteiger partial charge in [-0.25, -0.2) is 4.79 Å². The van der Waals surface area contributed by atoms with Crippen molar-refractivity contribution >= 4 is 11.9 Å². The van der Waals surface area contributed by atoms with Gasteiger partial charge in [0.2, 0.25) is 0 Å². The molecular weight excluding hydrogens is 428 g/mol. The molecule has 1 rings (SSSR count). The fourth-order valence-electron chi connectivity index (χ4n) is 5.45. The van der Waals surface area contributed by atoms with Gasteiger partial charge in [0.15, 0.2) is 0 Å². The fraction of sp³-hybridized carbons (Fsp3) is 0.929. The molecule has 0 saturated carbocycles. The second-order valence-corrected chi connectivity index (χ2v) is 10.5. The third-order valence-electron chi connectivity index (χ3n) is 8.62. The smallest absolute Gasteiger partial charge is 0.324 e. The predicted octanol–water partition coefficient (Wildman–Crippen LogP) is 6.45. The Hall–Kier alpha value is -1.14. The number of nitrogens with zero attached hydrogens (tertiary/aromatic N) is 1. The summed E-state index contributed by atoms with van der Waals surface area (Å²) in [7, 11) is 0. The lowest BCUT2D eigenvalue weighted by molar-refractivity contribution is -0.128. The summed E-state index contributed by atoms with van der Waals surface area (Å²) >= 11 is 0. The molecule has 0 radical (unpaired) electrons. The molecule has 1 heterocycles. The number of carbonyl (C=O) groups excluding carboxylic acids is 2. The Morgan fingerprint density at radius 2 is 1.29 bits per heavy atom. The molecule has 2 N–H and O–H groups in total. The minimum Gasteiger partial charge on any atom is -0.396 e. The van der Waals surface area contributed by atoms with Crippen LogP contribution in [0.5, 0.6) is 0 Å². The van der Waals surface area contributed by atoms with Crippen molar-refractivity contribution in [2.45, 2.75) is 131 Å². The van der Waals surface area contributed by atoms with E-state index in [1.807, 2.05) is 6.92 Å². The van der Waals surface area contributed by atoms with Crippen LogP contribution in [-0.4, -0.2) is 54.4 Å². The average molecular weight is 483 g/mol. The summed E-state index contributed by atoms with van der Waals surface area (Å²) in [6.07, 6.45) is 15.0. The first kappa shape index (κ1) is 30.9. The molecular formula is C28H54N2O4. The van der Waals surface area contributed by atoms with Crippen LogP contribution >= 0.6 is 0 Å². The van der Waals surface area contributed by atoms with Gasteiger partial charge < -0.3 is 15.2 Å². The van der Waals surface area contributed by atoms with Crippen molar-refractivity contribution in [1.82, 2.24) is 10.2 Å². The van der Waals surface area contributed by atoms with Gasteiger partial charge in [-0.2, -0.15) is 0 Å². The SMILES string of the molecule is CCC1NC(=O)N(CC(CC)(CC)CCCCOCCCCC(CC)(CC)CCCCO)C1=O. The molecule has 0 aromatic heterocycles. The molecule has 0 aliphatic carbocycles. The maximum absolute atomic E-state index is 12.5. The Balaban J connectivity index is 2.30. The zero-order chi connectivity index (χ0) is 25.5. The van der Waals surface area contributed by atoms with Crippen molar-refractivity contribution in [2.75, 3.05) is 26.4 Å². The van der Waals surface area contributed by atoms with Crippen molar-refractivity contribution in [2.24, 2.45) is 10.8 Å². The number of nitrogens with one attached hydrogen (secondary N) is 1. The molecule has 34 heavy (non-hydrogen) atoms. The van der Waals surface area contributed by atoms with Crippen LogP contribution in [0.4, 0.5) is 4.79 Å². The Kier molecular flexibility index (Phi) is 15.0. The number of hydrogen-bond donors (Lipinski definition) is 2. The first-order valence-electron chi connectivity index (χ1n) is 14.2. The molecule has 1 fully saturated rings. The molecule has 0 bridgehead atoms. The predicted molar refractivity (Wildman–Crippen MR) is 140 cm³/mol. The van der Waals surface area contributed by atoms with Crippen LogP contribution in [-0.2, 0) is 9.53 Å². The van der Waals surface area contributed by atoms with E-state index in [2.05, 4.69) is 33.0 Å². The van der Waals surface area contributed by atoms with Crippen LogP contribution < -0.4 is 5.32 Å². The monoisotopic (exact) mass is 482 g/mol. The number of unbranched alkanes of at least 4 members (excludes halogenated alkanes) is 3. The van der Waals surface area contributed by atoms with E-state index >= 15 is 0 Å². The molecule has 1 aliphatic heterocycles. The Morgan fingerprint density at radius 3 is 1.74 bits per heavy atom. The molecule has 1 aliphatic rings. The van der Waals surface area contributed by atoms with Gasteiger partial charge in [-0.3, -0.25) is 9.69 Å². The number of ether oxygens (including phenoxy) is 1. The third kappa shape index (κ3) is 9.49. The third-order valence-corrected chi connectivity index (χ3v) is 8.62. The van der Waals surface area contributed by atoms with Gasteiger partial charge in [0, 0.05) is 26.4 Å². The van der Waals surface area contributed by atoms with E-state index in [9.17, 15) is 9.59 Å². The van der Waals surface area contributed by atoms with Crippen molar-refractivity contribution < 1.29 is 19.4 Å². The summed E-state index contributed by atoms with van der Waals surface area (Å²) < 4.78 is 5.93. The molecule has 1 atom stereocenters. The number of rotatable bonds is 21. The zero-order valence-electron chi connectivity index (χ0n) is 22.9. The summed E-state index contributed by atoms with van der Waals surface area (Å²) in [5.41, 5.74) is 0.429. The summed E-state index contributed by atoms with van der Waals surface area (Å²) in [5.74, 6) is -0.0642. The normalized spacial score (nSPS) is 17.0. The van der Waals surface area contributed by atoms with Crippen LogP contribution in [0.2, 0.25) is 0 Å². The van der Waals surface area contributed by atoms with Gasteiger partial charge in [-0.15, -0.1) is 0 Å². The molecule has 1 saturated heterocycles. The van der Waals surface area contributed by atoms with Crippen LogP contribution in [0.25, 0.3) is 0 Å². The summed E-state index contributed by atoms with van der Waals surface area (Å²) in [5, 5.41) is 11.9. The van der Waals surface area contributed by atoms with E-state index < -0.39 is 0 Å². The van der Waals surface area contributed by atoms with Gasteiger partial charge in [-0.1, -0.05) is 66.7 Å². The van der Waals surface area contributed by atoms with Crippen molar-refractivity contribution in [1.29, 1.82) is 0 Å². The Bertz CT molecular complexity index is 573. The first-order chi connectivity index (χ1) is 16.4. The second kappa shape index (κ2) is 16.5. The number of carbonyl (C=O) groups is 2. The van der Waals surface area contributed by atoms with Crippen LogP contribution in [0.3, 0.4) is 0 Å². The van der Waals surface area contributed by atoms with Gasteiger partial charge in [-0.05, 0) is 68.6 Å². The largest absolute Gasteiger partial charge is 0.396 e. The van der Waals surface area contributed by atoms with E-state index in [-0.39, 0.29) is 23.4 Å². The number of amides is 3. The van der Waals surface area contributed by atoms with Crippen molar-refractivity contribution in [3.8, 4) is 0 Å². The van der Waals surface area contributed by atoms with Gasteiger partial charge in [0.05, 0.1) is 0 Å². The molecule has 0 aromatic carbocycles. The highest BCUT2D eigenvalue weighted by atomic mass is 16.5. The number of aliphatic hydroxyl groups excluding tert-OH is 1. The van der Waals surface area contributed by atoms with Gasteiger partial charge in [0.1, 0.15) is 6.04 Å². The highest BCUT2D eigenvalue weighted by molar-refractivity contribution is 6.04. The average Bonchev–Trinajstić information content (AvgIpc) is 3.13. The molecule has 3 amide bonds. The molecule has 200 valence electrons. The standard InChI is InChI=1S/C28H54N2O4/c1-6-24-25(32)30(26(33)29-24)23-28(9-4,10-5)19-13-16-22-34-21-15-12-18-27(7-2,8-3)17-11-14-20-31/h24,31H,6-23H2,1-5H3,(H,29,33). The second-order valence-electron chi connectivity index (χ2n) is 10.5. The number of urea groups is 1. The minimum absolute atomic E-state index is 0.00467. The van der Waals surface area contributed by atoms with Gasteiger partial charge in [0.25, 0.3) is 5.91 Å². The van der Waals surface area contributed by atoms with E-state index in [4.69, 9.17) is 9.84 Å². The summed E-state index contributed by atoms with van der Waals surface area (Å²) in [6, 6.07) is -0.581. The molecule has 0 spiro atoms. The Morgan fingerprint density at radius 1 is 0.794 bits per heavy atom. The maximum atomic E-state index is 12.5. The van der Waals surface area contributed by atoms with Crippen LogP contribution in [0.1, 0.15) is 125 Å². The van der Waals surface area contributed by atoms with Crippen LogP contribution in [0.15, 0.2) is 0 Å². The number of imide groups is 1. The van der Waals surface area contributed by atoms with Crippen molar-refractivity contribution in [3.05, 3.63) is 0 Å². The fourth-order valence-corrected chi connectivity index (χ4v) is 5.45. The molecule has 0 aromatic rings.